The third-order valence-corrected chi connectivity index (χ3v) is 5.21. The first kappa shape index (κ1) is 16.9. The highest BCUT2D eigenvalue weighted by atomic mass is 16.5. The molecule has 0 aromatic carbocycles. The minimum Gasteiger partial charge on any atom is -0.377 e. The first-order valence-electron chi connectivity index (χ1n) is 9.09. The van der Waals surface area contributed by atoms with Crippen LogP contribution in [0, 0.1) is 11.8 Å². The van der Waals surface area contributed by atoms with Crippen molar-refractivity contribution in [3.63, 3.8) is 0 Å². The summed E-state index contributed by atoms with van der Waals surface area (Å²) in [5.74, 6) is 1.26. The van der Waals surface area contributed by atoms with E-state index in [0.29, 0.717) is 19.1 Å². The molecule has 2 aromatic heterocycles. The molecule has 7 heteroatoms. The van der Waals surface area contributed by atoms with Gasteiger partial charge in [0.2, 0.25) is 5.91 Å². The van der Waals surface area contributed by atoms with Crippen LogP contribution in [0.15, 0.2) is 43.1 Å². The van der Waals surface area contributed by atoms with E-state index in [-0.39, 0.29) is 17.9 Å². The lowest BCUT2D eigenvalue weighted by Crippen LogP contribution is -2.50. The van der Waals surface area contributed by atoms with E-state index in [1.54, 1.807) is 24.9 Å². The van der Waals surface area contributed by atoms with E-state index < -0.39 is 0 Å². The second-order valence-electron chi connectivity index (χ2n) is 6.95. The number of fused-ring (bicyclic) bond motifs is 1. The van der Waals surface area contributed by atoms with Crippen LogP contribution >= 0.6 is 0 Å². The van der Waals surface area contributed by atoms with Gasteiger partial charge >= 0.3 is 0 Å². The summed E-state index contributed by atoms with van der Waals surface area (Å²) in [7, 11) is 0. The molecule has 2 saturated heterocycles. The lowest BCUT2D eigenvalue weighted by Gasteiger charge is -2.43. The highest BCUT2D eigenvalue weighted by Crippen LogP contribution is 2.32. The molecule has 0 saturated carbocycles. The van der Waals surface area contributed by atoms with E-state index in [1.807, 2.05) is 18.2 Å². The van der Waals surface area contributed by atoms with Crippen LogP contribution in [0.3, 0.4) is 0 Å². The molecule has 1 N–H and O–H groups in total. The van der Waals surface area contributed by atoms with E-state index in [4.69, 9.17) is 4.74 Å². The van der Waals surface area contributed by atoms with Crippen molar-refractivity contribution in [1.82, 2.24) is 20.3 Å². The number of nitrogens with one attached hydrogen (secondary N) is 1. The van der Waals surface area contributed by atoms with Gasteiger partial charge in [-0.3, -0.25) is 9.78 Å². The molecule has 26 heavy (non-hydrogen) atoms. The molecule has 2 fully saturated rings. The summed E-state index contributed by atoms with van der Waals surface area (Å²) in [6.45, 7) is 2.81. The highest BCUT2D eigenvalue weighted by Gasteiger charge is 2.38. The monoisotopic (exact) mass is 353 g/mol. The smallest absolute Gasteiger partial charge is 0.225 e. The summed E-state index contributed by atoms with van der Waals surface area (Å²) in [5.41, 5.74) is 1.00. The molecule has 2 aliphatic heterocycles. The highest BCUT2D eigenvalue weighted by molar-refractivity contribution is 5.78. The predicted molar refractivity (Wildman–Crippen MR) is 96.3 cm³/mol. The van der Waals surface area contributed by atoms with Crippen LogP contribution in [0.2, 0.25) is 0 Å². The molecule has 0 unspecified atom stereocenters. The zero-order chi connectivity index (χ0) is 17.8. The Hall–Kier alpha value is -2.54. The zero-order valence-electron chi connectivity index (χ0n) is 14.6. The molecule has 1 amide bonds. The summed E-state index contributed by atoms with van der Waals surface area (Å²) in [6.07, 6.45) is 8.91. The molecule has 3 atom stereocenters. The van der Waals surface area contributed by atoms with Gasteiger partial charge in [0.15, 0.2) is 0 Å². The van der Waals surface area contributed by atoms with Crippen molar-refractivity contribution in [2.75, 3.05) is 24.6 Å². The number of pyridine rings is 1. The van der Waals surface area contributed by atoms with Gasteiger partial charge in [0, 0.05) is 44.1 Å². The average molecular weight is 353 g/mol. The number of nitrogens with zero attached hydrogens (tertiary/aromatic N) is 4. The van der Waals surface area contributed by atoms with Crippen LogP contribution in [-0.4, -0.2) is 46.7 Å². The predicted octanol–water partition coefficient (Wildman–Crippen LogP) is 1.42. The Bertz CT molecular complexity index is 727. The van der Waals surface area contributed by atoms with Crippen molar-refractivity contribution in [1.29, 1.82) is 0 Å². The zero-order valence-corrected chi connectivity index (χ0v) is 14.6. The maximum Gasteiger partial charge on any atom is 0.225 e. The van der Waals surface area contributed by atoms with Gasteiger partial charge < -0.3 is 15.0 Å². The van der Waals surface area contributed by atoms with Crippen LogP contribution in [0.4, 0.5) is 5.82 Å². The fourth-order valence-corrected chi connectivity index (χ4v) is 3.83. The quantitative estimate of drug-likeness (QED) is 0.895. The molecule has 7 nitrogen and oxygen atoms in total. The number of amides is 1. The summed E-state index contributed by atoms with van der Waals surface area (Å²) in [6, 6.07) is 5.77. The topological polar surface area (TPSA) is 80.2 Å². The Morgan fingerprint density at radius 1 is 1.31 bits per heavy atom. The van der Waals surface area contributed by atoms with E-state index in [2.05, 4.69) is 25.2 Å². The summed E-state index contributed by atoms with van der Waals surface area (Å²) >= 11 is 0. The van der Waals surface area contributed by atoms with Crippen LogP contribution in [0.1, 0.15) is 18.4 Å². The van der Waals surface area contributed by atoms with Crippen molar-refractivity contribution < 1.29 is 9.53 Å². The summed E-state index contributed by atoms with van der Waals surface area (Å²) < 4.78 is 6.02. The Morgan fingerprint density at radius 3 is 3.08 bits per heavy atom. The van der Waals surface area contributed by atoms with Gasteiger partial charge in [-0.15, -0.1) is 0 Å². The molecule has 0 bridgehead atoms. The molecule has 2 aliphatic rings. The fourth-order valence-electron chi connectivity index (χ4n) is 3.83. The van der Waals surface area contributed by atoms with Gasteiger partial charge in [-0.05, 0) is 30.5 Å². The normalized spacial score (nSPS) is 25.4. The number of aromatic nitrogens is 3. The summed E-state index contributed by atoms with van der Waals surface area (Å²) in [4.78, 5) is 27.2. The fraction of sp³-hybridized carbons (Fsp3) is 0.474. The SMILES string of the molecule is O=C(NCc1cccnc1)[C@@H]1CO[C@@H]2CCN(c3ccncn3)C[C@@H]2C1. The third-order valence-electron chi connectivity index (χ3n) is 5.21. The number of carbonyl (C=O) groups excluding carboxylic acids is 1. The van der Waals surface area contributed by atoms with Gasteiger partial charge in [-0.1, -0.05) is 6.07 Å². The third kappa shape index (κ3) is 3.83. The average Bonchev–Trinajstić information content (AvgIpc) is 2.72. The molecule has 0 radical (unpaired) electrons. The van der Waals surface area contributed by atoms with E-state index in [9.17, 15) is 4.79 Å². The number of ether oxygens (including phenoxy) is 1. The number of hydrogen-bond acceptors (Lipinski definition) is 6. The van der Waals surface area contributed by atoms with Crippen LogP contribution in [0.5, 0.6) is 0 Å². The number of hydrogen-bond donors (Lipinski definition) is 1. The van der Waals surface area contributed by atoms with Crippen molar-refractivity contribution in [2.45, 2.75) is 25.5 Å². The second-order valence-corrected chi connectivity index (χ2v) is 6.95. The van der Waals surface area contributed by atoms with Crippen LogP contribution in [-0.2, 0) is 16.1 Å². The lowest BCUT2D eigenvalue weighted by molar-refractivity contribution is -0.135. The number of piperidine rings is 1. The van der Waals surface area contributed by atoms with E-state index in [0.717, 1.165) is 37.3 Å². The largest absolute Gasteiger partial charge is 0.377 e. The minimum absolute atomic E-state index is 0.0615. The molecule has 4 rings (SSSR count). The van der Waals surface area contributed by atoms with Crippen molar-refractivity contribution in [2.24, 2.45) is 11.8 Å². The molecular formula is C19H23N5O2. The molecule has 4 heterocycles. The van der Waals surface area contributed by atoms with Gasteiger partial charge in [0.05, 0.1) is 18.6 Å². The Morgan fingerprint density at radius 2 is 2.27 bits per heavy atom. The van der Waals surface area contributed by atoms with Gasteiger partial charge in [0.1, 0.15) is 12.1 Å². The maximum atomic E-state index is 12.6. The minimum atomic E-state index is -0.0988. The Labute approximate surface area is 152 Å². The molecule has 0 spiro atoms. The van der Waals surface area contributed by atoms with Crippen molar-refractivity contribution in [3.8, 4) is 0 Å². The number of rotatable bonds is 4. The Kier molecular flexibility index (Phi) is 5.06. The Balaban J connectivity index is 1.34. The van der Waals surface area contributed by atoms with Crippen molar-refractivity contribution >= 4 is 11.7 Å². The first-order valence-corrected chi connectivity index (χ1v) is 9.09. The van der Waals surface area contributed by atoms with Crippen LogP contribution < -0.4 is 10.2 Å². The van der Waals surface area contributed by atoms with Gasteiger partial charge in [-0.25, -0.2) is 9.97 Å². The maximum absolute atomic E-state index is 12.6. The van der Waals surface area contributed by atoms with E-state index in [1.165, 1.54) is 0 Å². The van der Waals surface area contributed by atoms with E-state index >= 15 is 0 Å². The standard InChI is InChI=1S/C19H23N5O2/c25-19(22-10-14-2-1-5-20-9-14)16-8-15-11-24(7-4-17(15)26-12-16)18-3-6-21-13-23-18/h1-3,5-6,9,13,15-17H,4,7-8,10-12H2,(H,22,25)/t15-,16-,17+/m0/s1. The second kappa shape index (κ2) is 7.78. The van der Waals surface area contributed by atoms with Crippen molar-refractivity contribution in [3.05, 3.63) is 48.7 Å². The first-order chi connectivity index (χ1) is 12.8. The number of carbonyl (C=O) groups is 1. The van der Waals surface area contributed by atoms with Gasteiger partial charge in [0.25, 0.3) is 0 Å². The molecule has 0 aliphatic carbocycles. The molecule has 136 valence electrons. The molecular weight excluding hydrogens is 330 g/mol. The van der Waals surface area contributed by atoms with Crippen LogP contribution in [0.25, 0.3) is 0 Å². The van der Waals surface area contributed by atoms with Gasteiger partial charge in [-0.2, -0.15) is 0 Å². The number of anilines is 1. The lowest BCUT2D eigenvalue weighted by atomic mass is 9.83. The molecule has 2 aromatic rings. The summed E-state index contributed by atoms with van der Waals surface area (Å²) in [5, 5.41) is 3.01.